The summed E-state index contributed by atoms with van der Waals surface area (Å²) in [6.45, 7) is 0. The van der Waals surface area contributed by atoms with Crippen molar-refractivity contribution < 1.29 is 9.15 Å². The summed E-state index contributed by atoms with van der Waals surface area (Å²) < 4.78 is 11.6. The first-order chi connectivity index (χ1) is 10.4. The van der Waals surface area contributed by atoms with Gasteiger partial charge in [0, 0.05) is 29.3 Å². The van der Waals surface area contributed by atoms with Gasteiger partial charge in [-0.05, 0) is 31.0 Å². The average Bonchev–Trinajstić information content (AvgIpc) is 3.24. The number of nitrogens with one attached hydrogen (secondary N) is 1. The van der Waals surface area contributed by atoms with Gasteiger partial charge in [-0.15, -0.1) is 0 Å². The van der Waals surface area contributed by atoms with Crippen molar-refractivity contribution in [1.29, 1.82) is 0 Å². The number of imidazole rings is 1. The molecule has 0 unspecified atom stereocenters. The molecule has 21 heavy (non-hydrogen) atoms. The summed E-state index contributed by atoms with van der Waals surface area (Å²) >= 11 is 0. The molecule has 0 amide bonds. The van der Waals surface area contributed by atoms with Gasteiger partial charge in [-0.1, -0.05) is 12.8 Å². The molecule has 3 aromatic rings. The molecule has 1 saturated carbocycles. The highest BCUT2D eigenvalue weighted by Crippen LogP contribution is 2.41. The number of aromatic nitrogens is 2. The lowest BCUT2D eigenvalue weighted by Gasteiger charge is -2.04. The lowest BCUT2D eigenvalue weighted by molar-refractivity contribution is 0.404. The first-order valence-electron chi connectivity index (χ1n) is 7.47. The maximum absolute atomic E-state index is 6.15. The normalized spacial score (nSPS) is 15.9. The van der Waals surface area contributed by atoms with Crippen molar-refractivity contribution >= 4 is 11.0 Å². The van der Waals surface area contributed by atoms with Gasteiger partial charge in [-0.2, -0.15) is 0 Å². The number of rotatable bonds is 3. The number of methoxy groups -OCH3 is 1. The Morgan fingerprint density at radius 2 is 2.14 bits per heavy atom. The van der Waals surface area contributed by atoms with Crippen LogP contribution in [0.2, 0.25) is 0 Å². The van der Waals surface area contributed by atoms with Crippen LogP contribution in [0.3, 0.4) is 0 Å². The summed E-state index contributed by atoms with van der Waals surface area (Å²) in [5, 5.41) is 1.08. The van der Waals surface area contributed by atoms with E-state index in [1.165, 1.54) is 25.7 Å². The maximum atomic E-state index is 6.15. The standard InChI is InChI=1S/C17H18N2O2/c1-20-14-7-6-12(17-18-8-9-19-17)13-10-15(21-16(13)14)11-4-2-3-5-11/h6-11H,2-5H2,1H3,(H,18,19). The molecule has 1 N–H and O–H groups in total. The van der Waals surface area contributed by atoms with Crippen LogP contribution in [-0.4, -0.2) is 17.1 Å². The van der Waals surface area contributed by atoms with Crippen molar-refractivity contribution in [2.75, 3.05) is 7.11 Å². The SMILES string of the molecule is COc1ccc(-c2ncc[nH]2)c2cc(C3CCCC3)oc12. The van der Waals surface area contributed by atoms with E-state index in [4.69, 9.17) is 9.15 Å². The minimum Gasteiger partial charge on any atom is -0.493 e. The predicted octanol–water partition coefficient (Wildman–Crippen LogP) is 4.49. The summed E-state index contributed by atoms with van der Waals surface area (Å²) in [6.07, 6.45) is 8.64. The van der Waals surface area contributed by atoms with Crippen molar-refractivity contribution in [3.63, 3.8) is 0 Å². The Morgan fingerprint density at radius 3 is 2.86 bits per heavy atom. The van der Waals surface area contributed by atoms with Gasteiger partial charge in [0.2, 0.25) is 0 Å². The summed E-state index contributed by atoms with van der Waals surface area (Å²) in [5.41, 5.74) is 1.89. The van der Waals surface area contributed by atoms with Crippen LogP contribution in [0.4, 0.5) is 0 Å². The number of ether oxygens (including phenoxy) is 1. The maximum Gasteiger partial charge on any atom is 0.176 e. The number of benzene rings is 1. The van der Waals surface area contributed by atoms with Crippen LogP contribution in [0.1, 0.15) is 37.4 Å². The first-order valence-corrected chi connectivity index (χ1v) is 7.47. The van der Waals surface area contributed by atoms with Gasteiger partial charge in [-0.25, -0.2) is 4.98 Å². The van der Waals surface area contributed by atoms with Gasteiger partial charge >= 0.3 is 0 Å². The molecule has 0 radical (unpaired) electrons. The number of H-pyrrole nitrogens is 1. The molecule has 108 valence electrons. The van der Waals surface area contributed by atoms with E-state index in [-0.39, 0.29) is 0 Å². The lowest BCUT2D eigenvalue weighted by atomic mass is 10.0. The predicted molar refractivity (Wildman–Crippen MR) is 81.6 cm³/mol. The highest BCUT2D eigenvalue weighted by Gasteiger charge is 2.23. The zero-order valence-electron chi connectivity index (χ0n) is 12.1. The molecule has 0 spiro atoms. The van der Waals surface area contributed by atoms with Crippen molar-refractivity contribution in [3.05, 3.63) is 36.4 Å². The molecule has 4 nitrogen and oxygen atoms in total. The van der Waals surface area contributed by atoms with Gasteiger partial charge in [0.05, 0.1) is 7.11 Å². The van der Waals surface area contributed by atoms with Crippen LogP contribution in [0, 0.1) is 0 Å². The van der Waals surface area contributed by atoms with E-state index in [1.54, 1.807) is 13.3 Å². The Balaban J connectivity index is 1.91. The van der Waals surface area contributed by atoms with Crippen LogP contribution in [0.5, 0.6) is 5.75 Å². The molecule has 4 rings (SSSR count). The fourth-order valence-corrected chi connectivity index (χ4v) is 3.31. The third-order valence-electron chi connectivity index (χ3n) is 4.40. The van der Waals surface area contributed by atoms with Crippen molar-refractivity contribution in [2.24, 2.45) is 0 Å². The fourth-order valence-electron chi connectivity index (χ4n) is 3.31. The Hall–Kier alpha value is -2.23. The Kier molecular flexibility index (Phi) is 2.95. The number of nitrogens with zero attached hydrogens (tertiary/aromatic N) is 1. The summed E-state index contributed by atoms with van der Waals surface area (Å²) in [5.74, 6) is 3.28. The van der Waals surface area contributed by atoms with Crippen LogP contribution < -0.4 is 4.74 Å². The molecular formula is C17H18N2O2. The minimum absolute atomic E-state index is 0.548. The van der Waals surface area contributed by atoms with E-state index < -0.39 is 0 Å². The van der Waals surface area contributed by atoms with E-state index in [0.29, 0.717) is 5.92 Å². The third-order valence-corrected chi connectivity index (χ3v) is 4.40. The molecule has 2 aromatic heterocycles. The second-order valence-corrected chi connectivity index (χ2v) is 5.63. The van der Waals surface area contributed by atoms with Crippen LogP contribution in [0.15, 0.2) is 35.0 Å². The van der Waals surface area contributed by atoms with E-state index in [2.05, 4.69) is 16.0 Å². The summed E-state index contributed by atoms with van der Waals surface area (Å²) in [7, 11) is 1.68. The number of furan rings is 1. The minimum atomic E-state index is 0.548. The third kappa shape index (κ3) is 2.02. The fraction of sp³-hybridized carbons (Fsp3) is 0.353. The van der Waals surface area contributed by atoms with E-state index >= 15 is 0 Å². The van der Waals surface area contributed by atoms with Crippen molar-refractivity contribution in [3.8, 4) is 17.1 Å². The largest absolute Gasteiger partial charge is 0.493 e. The first kappa shape index (κ1) is 12.5. The van der Waals surface area contributed by atoms with Gasteiger partial charge in [0.15, 0.2) is 11.3 Å². The molecule has 1 aliphatic rings. The Morgan fingerprint density at radius 1 is 1.29 bits per heavy atom. The van der Waals surface area contributed by atoms with Gasteiger partial charge in [-0.3, -0.25) is 0 Å². The second kappa shape index (κ2) is 4.95. The van der Waals surface area contributed by atoms with Crippen molar-refractivity contribution in [1.82, 2.24) is 9.97 Å². The number of fused-ring (bicyclic) bond motifs is 1. The molecule has 4 heteroatoms. The van der Waals surface area contributed by atoms with E-state index in [9.17, 15) is 0 Å². The smallest absolute Gasteiger partial charge is 0.176 e. The van der Waals surface area contributed by atoms with Gasteiger partial charge in [0.25, 0.3) is 0 Å². The van der Waals surface area contributed by atoms with Crippen LogP contribution in [-0.2, 0) is 0 Å². The second-order valence-electron chi connectivity index (χ2n) is 5.63. The average molecular weight is 282 g/mol. The molecule has 1 fully saturated rings. The highest BCUT2D eigenvalue weighted by molar-refractivity contribution is 5.96. The number of aromatic amines is 1. The zero-order valence-corrected chi connectivity index (χ0v) is 12.1. The van der Waals surface area contributed by atoms with Crippen molar-refractivity contribution in [2.45, 2.75) is 31.6 Å². The zero-order chi connectivity index (χ0) is 14.2. The number of hydrogen-bond acceptors (Lipinski definition) is 3. The molecule has 0 bridgehead atoms. The molecular weight excluding hydrogens is 264 g/mol. The van der Waals surface area contributed by atoms with E-state index in [0.717, 1.165) is 33.9 Å². The summed E-state index contributed by atoms with van der Waals surface area (Å²) in [6, 6.07) is 6.15. The van der Waals surface area contributed by atoms with Crippen LogP contribution in [0.25, 0.3) is 22.4 Å². The van der Waals surface area contributed by atoms with Crippen LogP contribution >= 0.6 is 0 Å². The number of hydrogen-bond donors (Lipinski definition) is 1. The molecule has 0 aliphatic heterocycles. The lowest BCUT2D eigenvalue weighted by Crippen LogP contribution is -1.87. The quantitative estimate of drug-likeness (QED) is 0.770. The van der Waals surface area contributed by atoms with Gasteiger partial charge in [0.1, 0.15) is 11.6 Å². The highest BCUT2D eigenvalue weighted by atomic mass is 16.5. The molecule has 1 aliphatic carbocycles. The van der Waals surface area contributed by atoms with E-state index in [1.807, 2.05) is 18.3 Å². The molecule has 0 saturated heterocycles. The monoisotopic (exact) mass is 282 g/mol. The molecule has 2 heterocycles. The molecule has 1 aromatic carbocycles. The topological polar surface area (TPSA) is 51.0 Å². The summed E-state index contributed by atoms with van der Waals surface area (Å²) in [4.78, 5) is 7.53. The Labute approximate surface area is 123 Å². The van der Waals surface area contributed by atoms with Gasteiger partial charge < -0.3 is 14.1 Å². The Bertz CT molecular complexity index is 753. The molecule has 0 atom stereocenters.